The second kappa shape index (κ2) is 6.65. The third kappa shape index (κ3) is 3.68. The summed E-state index contributed by atoms with van der Waals surface area (Å²) in [6.45, 7) is 6.32. The van der Waals surface area contributed by atoms with E-state index in [1.807, 2.05) is 24.3 Å². The molecule has 3 rings (SSSR count). The van der Waals surface area contributed by atoms with Crippen LogP contribution < -0.4 is 0 Å². The standard InChI is InChI=1S/C20H16ClF2NO2/c1-20(2,3)12-6-4-11(5-7-12)8-17-19(25)26-18(24-17)13-9-15(22)16(23)10-14(13)21/h4-10H,1-3H3/b17-8-. The van der Waals surface area contributed by atoms with Crippen LogP contribution in [0.3, 0.4) is 0 Å². The van der Waals surface area contributed by atoms with Gasteiger partial charge in [0, 0.05) is 0 Å². The van der Waals surface area contributed by atoms with Gasteiger partial charge in [-0.15, -0.1) is 0 Å². The van der Waals surface area contributed by atoms with Crippen LogP contribution in [0.4, 0.5) is 8.78 Å². The number of nitrogens with zero attached hydrogens (tertiary/aromatic N) is 1. The average Bonchev–Trinajstić information content (AvgIpc) is 2.91. The Morgan fingerprint density at radius 2 is 1.69 bits per heavy atom. The molecule has 0 fully saturated rings. The lowest BCUT2D eigenvalue weighted by molar-refractivity contribution is -0.129. The van der Waals surface area contributed by atoms with Gasteiger partial charge in [-0.05, 0) is 34.8 Å². The molecule has 1 aliphatic heterocycles. The number of halogens is 3. The fourth-order valence-corrected chi connectivity index (χ4v) is 2.68. The summed E-state index contributed by atoms with van der Waals surface area (Å²) >= 11 is 5.90. The predicted molar refractivity (Wildman–Crippen MR) is 97.1 cm³/mol. The largest absolute Gasteiger partial charge is 0.402 e. The van der Waals surface area contributed by atoms with E-state index in [4.69, 9.17) is 16.3 Å². The van der Waals surface area contributed by atoms with Crippen molar-refractivity contribution in [3.05, 3.63) is 75.4 Å². The summed E-state index contributed by atoms with van der Waals surface area (Å²) in [4.78, 5) is 16.1. The molecule has 0 aliphatic carbocycles. The quantitative estimate of drug-likeness (QED) is 0.408. The van der Waals surface area contributed by atoms with Crippen LogP contribution in [-0.2, 0) is 14.9 Å². The molecule has 1 aliphatic rings. The third-order valence-electron chi connectivity index (χ3n) is 3.94. The topological polar surface area (TPSA) is 38.7 Å². The van der Waals surface area contributed by atoms with E-state index in [-0.39, 0.29) is 27.6 Å². The summed E-state index contributed by atoms with van der Waals surface area (Å²) in [7, 11) is 0. The Hall–Kier alpha value is -2.53. The van der Waals surface area contributed by atoms with Crippen molar-refractivity contribution in [1.82, 2.24) is 0 Å². The second-order valence-electron chi connectivity index (χ2n) is 6.95. The number of esters is 1. The molecule has 0 saturated carbocycles. The number of aliphatic imine (C=N–C) groups is 1. The molecule has 2 aromatic carbocycles. The minimum Gasteiger partial charge on any atom is -0.402 e. The monoisotopic (exact) mass is 375 g/mol. The Morgan fingerprint density at radius 1 is 1.08 bits per heavy atom. The molecule has 0 amide bonds. The maximum Gasteiger partial charge on any atom is 0.363 e. The lowest BCUT2D eigenvalue weighted by atomic mass is 9.87. The zero-order valence-electron chi connectivity index (χ0n) is 14.4. The van der Waals surface area contributed by atoms with Gasteiger partial charge in [-0.3, -0.25) is 0 Å². The summed E-state index contributed by atoms with van der Waals surface area (Å²) in [6, 6.07) is 9.37. The van der Waals surface area contributed by atoms with Crippen molar-refractivity contribution in [3.63, 3.8) is 0 Å². The Balaban J connectivity index is 1.93. The average molecular weight is 376 g/mol. The molecular formula is C20H16ClF2NO2. The first-order valence-corrected chi connectivity index (χ1v) is 8.31. The summed E-state index contributed by atoms with van der Waals surface area (Å²) in [5.41, 5.74) is 2.03. The smallest absolute Gasteiger partial charge is 0.363 e. The Bertz CT molecular complexity index is 942. The summed E-state index contributed by atoms with van der Waals surface area (Å²) in [5.74, 6) is -3.02. The lowest BCUT2D eigenvalue weighted by Crippen LogP contribution is -2.10. The molecule has 2 aromatic rings. The highest BCUT2D eigenvalue weighted by molar-refractivity contribution is 6.34. The molecule has 26 heavy (non-hydrogen) atoms. The number of carbonyl (C=O) groups excluding carboxylic acids is 1. The number of hydrogen-bond acceptors (Lipinski definition) is 3. The van der Waals surface area contributed by atoms with Gasteiger partial charge in [0.15, 0.2) is 17.3 Å². The number of carbonyl (C=O) groups is 1. The fourth-order valence-electron chi connectivity index (χ4n) is 2.45. The van der Waals surface area contributed by atoms with Gasteiger partial charge in [0.1, 0.15) is 0 Å². The van der Waals surface area contributed by atoms with Crippen LogP contribution in [0.5, 0.6) is 0 Å². The molecular weight excluding hydrogens is 360 g/mol. The van der Waals surface area contributed by atoms with Gasteiger partial charge in [0.25, 0.3) is 0 Å². The maximum atomic E-state index is 13.4. The van der Waals surface area contributed by atoms with Gasteiger partial charge in [0.05, 0.1) is 10.6 Å². The summed E-state index contributed by atoms with van der Waals surface area (Å²) in [5, 5.41) is -0.0915. The Kier molecular flexibility index (Phi) is 4.67. The Labute approximate surface area is 155 Å². The van der Waals surface area contributed by atoms with Gasteiger partial charge in [-0.2, -0.15) is 0 Å². The van der Waals surface area contributed by atoms with E-state index >= 15 is 0 Å². The SMILES string of the molecule is CC(C)(C)c1ccc(/C=C2\N=C(c3cc(F)c(F)cc3Cl)OC2=O)cc1. The van der Waals surface area contributed by atoms with Gasteiger partial charge >= 0.3 is 5.97 Å². The van der Waals surface area contributed by atoms with Crippen molar-refractivity contribution in [2.75, 3.05) is 0 Å². The zero-order valence-corrected chi connectivity index (χ0v) is 15.2. The molecule has 1 heterocycles. The number of cyclic esters (lactones) is 1. The van der Waals surface area contributed by atoms with E-state index in [1.54, 1.807) is 6.08 Å². The van der Waals surface area contributed by atoms with E-state index < -0.39 is 17.6 Å². The van der Waals surface area contributed by atoms with Crippen LogP contribution in [0.2, 0.25) is 5.02 Å². The van der Waals surface area contributed by atoms with Crippen LogP contribution in [-0.4, -0.2) is 11.9 Å². The highest BCUT2D eigenvalue weighted by Crippen LogP contribution is 2.27. The van der Waals surface area contributed by atoms with Gasteiger partial charge in [-0.25, -0.2) is 18.6 Å². The van der Waals surface area contributed by atoms with E-state index in [9.17, 15) is 13.6 Å². The van der Waals surface area contributed by atoms with Gasteiger partial charge < -0.3 is 4.74 Å². The maximum absolute atomic E-state index is 13.4. The molecule has 0 radical (unpaired) electrons. The van der Waals surface area contributed by atoms with Crippen LogP contribution in [0.15, 0.2) is 47.1 Å². The highest BCUT2D eigenvalue weighted by atomic mass is 35.5. The number of benzene rings is 2. The predicted octanol–water partition coefficient (Wildman–Crippen LogP) is 5.26. The molecule has 0 unspecified atom stereocenters. The first-order chi connectivity index (χ1) is 12.1. The highest BCUT2D eigenvalue weighted by Gasteiger charge is 2.26. The lowest BCUT2D eigenvalue weighted by Gasteiger charge is -2.18. The molecule has 0 saturated heterocycles. The van der Waals surface area contributed by atoms with Crippen LogP contribution in [0.25, 0.3) is 6.08 Å². The van der Waals surface area contributed by atoms with E-state index in [1.165, 1.54) is 0 Å². The first kappa shape index (κ1) is 18.3. The first-order valence-electron chi connectivity index (χ1n) is 7.93. The van der Waals surface area contributed by atoms with Crippen LogP contribution in [0, 0.1) is 11.6 Å². The fraction of sp³-hybridized carbons (Fsp3) is 0.200. The summed E-state index contributed by atoms with van der Waals surface area (Å²) < 4.78 is 31.7. The van der Waals surface area contributed by atoms with Gasteiger partial charge in [0.2, 0.25) is 5.90 Å². The minimum absolute atomic E-state index is 0.0189. The van der Waals surface area contributed by atoms with Crippen molar-refractivity contribution < 1.29 is 18.3 Å². The van der Waals surface area contributed by atoms with E-state index in [0.717, 1.165) is 23.3 Å². The molecule has 6 heteroatoms. The number of ether oxygens (including phenoxy) is 1. The number of hydrogen-bond donors (Lipinski definition) is 0. The van der Waals surface area contributed by atoms with Crippen LogP contribution >= 0.6 is 11.6 Å². The van der Waals surface area contributed by atoms with E-state index in [0.29, 0.717) is 0 Å². The van der Waals surface area contributed by atoms with Crippen LogP contribution in [0.1, 0.15) is 37.5 Å². The molecule has 0 atom stereocenters. The molecule has 0 spiro atoms. The molecule has 0 bridgehead atoms. The van der Waals surface area contributed by atoms with Crippen molar-refractivity contribution in [1.29, 1.82) is 0 Å². The van der Waals surface area contributed by atoms with Crippen molar-refractivity contribution in [2.24, 2.45) is 4.99 Å². The second-order valence-corrected chi connectivity index (χ2v) is 7.36. The molecule has 0 aromatic heterocycles. The minimum atomic E-state index is -1.10. The summed E-state index contributed by atoms with van der Waals surface area (Å²) in [6.07, 6.45) is 1.57. The normalized spacial score (nSPS) is 16.0. The molecule has 134 valence electrons. The van der Waals surface area contributed by atoms with Crippen molar-refractivity contribution in [3.8, 4) is 0 Å². The van der Waals surface area contributed by atoms with Crippen molar-refractivity contribution >= 4 is 29.5 Å². The molecule has 0 N–H and O–H groups in total. The Morgan fingerprint density at radius 3 is 2.31 bits per heavy atom. The van der Waals surface area contributed by atoms with E-state index in [2.05, 4.69) is 25.8 Å². The zero-order chi connectivity index (χ0) is 19.1. The third-order valence-corrected chi connectivity index (χ3v) is 4.25. The van der Waals surface area contributed by atoms with Gasteiger partial charge in [-0.1, -0.05) is 56.6 Å². The van der Waals surface area contributed by atoms with Crippen molar-refractivity contribution in [2.45, 2.75) is 26.2 Å². The molecule has 3 nitrogen and oxygen atoms in total. The number of rotatable bonds is 2.